The second-order valence-corrected chi connectivity index (χ2v) is 2.37. The van der Waals surface area contributed by atoms with E-state index in [9.17, 15) is 14.7 Å². The Kier molecular flexibility index (Phi) is 5.86. The second kappa shape index (κ2) is 6.36. The van der Waals surface area contributed by atoms with Gasteiger partial charge in [0.15, 0.2) is 0 Å². The molecule has 0 amide bonds. The van der Waals surface area contributed by atoms with Crippen LogP contribution in [0, 0.1) is 0 Å². The van der Waals surface area contributed by atoms with Crippen LogP contribution in [0.4, 0.5) is 0 Å². The first-order valence-corrected chi connectivity index (χ1v) is 3.77. The van der Waals surface area contributed by atoms with Gasteiger partial charge in [-0.1, -0.05) is 0 Å². The van der Waals surface area contributed by atoms with E-state index in [1.54, 1.807) is 0 Å². The SMILES string of the molecule is CC(=O)Oc1nc([O-])nc(OC(C)=O)n1.[Na+]. The largest absolute Gasteiger partial charge is 1.00 e. The van der Waals surface area contributed by atoms with Gasteiger partial charge in [0, 0.05) is 13.8 Å². The summed E-state index contributed by atoms with van der Waals surface area (Å²) in [7, 11) is 0. The van der Waals surface area contributed by atoms with Gasteiger partial charge in [-0.05, 0) is 0 Å². The number of carbonyl (C=O) groups is 2. The van der Waals surface area contributed by atoms with Gasteiger partial charge in [0.1, 0.15) is 0 Å². The summed E-state index contributed by atoms with van der Waals surface area (Å²) >= 11 is 0. The Bertz CT molecular complexity index is 377. The summed E-state index contributed by atoms with van der Waals surface area (Å²) in [6, 6.07) is -1.96. The minimum atomic E-state index is -0.961. The van der Waals surface area contributed by atoms with Crippen LogP contribution < -0.4 is 44.1 Å². The molecule has 0 bridgehead atoms. The maximum Gasteiger partial charge on any atom is 1.00 e. The summed E-state index contributed by atoms with van der Waals surface area (Å²) in [5, 5.41) is 10.8. The van der Waals surface area contributed by atoms with Gasteiger partial charge in [-0.15, -0.1) is 4.98 Å². The number of hydrogen-bond donors (Lipinski definition) is 0. The molecule has 1 rings (SSSR count). The summed E-state index contributed by atoms with van der Waals surface area (Å²) in [4.78, 5) is 30.8. The molecule has 0 fully saturated rings. The van der Waals surface area contributed by atoms with Crippen molar-refractivity contribution in [2.24, 2.45) is 0 Å². The summed E-state index contributed by atoms with van der Waals surface area (Å²) in [6.45, 7) is 2.22. The van der Waals surface area contributed by atoms with Crippen molar-refractivity contribution in [3.05, 3.63) is 0 Å². The second-order valence-electron chi connectivity index (χ2n) is 2.37. The van der Waals surface area contributed by atoms with E-state index in [4.69, 9.17) is 0 Å². The van der Waals surface area contributed by atoms with Gasteiger partial charge < -0.3 is 14.6 Å². The Balaban J connectivity index is 0.00000225. The molecule has 0 aliphatic carbocycles. The van der Waals surface area contributed by atoms with E-state index in [0.29, 0.717) is 0 Å². The summed E-state index contributed by atoms with van der Waals surface area (Å²) in [6.07, 6.45) is 0. The van der Waals surface area contributed by atoms with Crippen LogP contribution >= 0.6 is 0 Å². The number of carbonyl (C=O) groups excluding carboxylic acids is 2. The Morgan fingerprint density at radius 3 is 1.69 bits per heavy atom. The summed E-state index contributed by atoms with van der Waals surface area (Å²) < 4.78 is 8.85. The van der Waals surface area contributed by atoms with Crippen molar-refractivity contribution in [1.82, 2.24) is 15.0 Å². The molecule has 0 saturated heterocycles. The first-order chi connectivity index (χ1) is 6.97. The van der Waals surface area contributed by atoms with Crippen molar-refractivity contribution in [3.63, 3.8) is 0 Å². The average molecular weight is 235 g/mol. The number of nitrogens with zero attached hydrogens (tertiary/aromatic N) is 3. The van der Waals surface area contributed by atoms with Crippen LogP contribution in [-0.2, 0) is 9.59 Å². The van der Waals surface area contributed by atoms with Crippen LogP contribution in [0.15, 0.2) is 0 Å². The third kappa shape index (κ3) is 5.01. The van der Waals surface area contributed by atoms with Crippen molar-refractivity contribution in [2.45, 2.75) is 13.8 Å². The van der Waals surface area contributed by atoms with Gasteiger partial charge in [0.25, 0.3) is 0 Å². The van der Waals surface area contributed by atoms with Gasteiger partial charge in [-0.25, -0.2) is 0 Å². The fourth-order valence-corrected chi connectivity index (χ4v) is 0.669. The standard InChI is InChI=1S/C7H7N3O5.Na/c1-3(11)14-6-8-5(13)9-7(10-6)15-4(2)12;/h1-2H3,(H,8,9,10,13);/q;+1/p-1. The third-order valence-corrected chi connectivity index (χ3v) is 1.04. The Morgan fingerprint density at radius 2 is 1.38 bits per heavy atom. The molecule has 80 valence electrons. The fourth-order valence-electron chi connectivity index (χ4n) is 0.669. The van der Waals surface area contributed by atoms with E-state index < -0.39 is 30.0 Å². The van der Waals surface area contributed by atoms with Crippen molar-refractivity contribution in [3.8, 4) is 18.0 Å². The van der Waals surface area contributed by atoms with Crippen LogP contribution in [-0.4, -0.2) is 26.9 Å². The topological polar surface area (TPSA) is 114 Å². The molecular weight excluding hydrogens is 229 g/mol. The molecule has 0 unspecified atom stereocenters. The van der Waals surface area contributed by atoms with E-state index in [1.165, 1.54) is 0 Å². The monoisotopic (exact) mass is 235 g/mol. The van der Waals surface area contributed by atoms with E-state index >= 15 is 0 Å². The molecule has 0 aromatic carbocycles. The van der Waals surface area contributed by atoms with E-state index in [-0.39, 0.29) is 29.6 Å². The minimum absolute atomic E-state index is 0. The maximum atomic E-state index is 10.8. The van der Waals surface area contributed by atoms with Crippen LogP contribution in [0.5, 0.6) is 18.0 Å². The van der Waals surface area contributed by atoms with E-state index in [2.05, 4.69) is 24.4 Å². The number of aromatic nitrogens is 3. The molecule has 0 saturated carbocycles. The van der Waals surface area contributed by atoms with Gasteiger partial charge in [-0.3, -0.25) is 9.59 Å². The van der Waals surface area contributed by atoms with Gasteiger partial charge in [-0.2, -0.15) is 9.97 Å². The van der Waals surface area contributed by atoms with Gasteiger partial charge in [0.05, 0.1) is 6.01 Å². The normalized spacial score (nSPS) is 8.88. The predicted molar refractivity (Wildman–Crippen MR) is 41.9 cm³/mol. The Morgan fingerprint density at radius 1 is 1.00 bits per heavy atom. The van der Waals surface area contributed by atoms with Crippen LogP contribution in [0.3, 0.4) is 0 Å². The molecule has 1 heterocycles. The van der Waals surface area contributed by atoms with Crippen LogP contribution in [0.2, 0.25) is 0 Å². The van der Waals surface area contributed by atoms with Crippen molar-refractivity contribution in [2.75, 3.05) is 0 Å². The maximum absolute atomic E-state index is 10.8. The van der Waals surface area contributed by atoms with Crippen molar-refractivity contribution < 1.29 is 53.7 Å². The number of rotatable bonds is 2. The average Bonchev–Trinajstić information content (AvgIpc) is 1.98. The molecule has 1 aromatic heterocycles. The molecule has 0 N–H and O–H groups in total. The number of hydrogen-bond acceptors (Lipinski definition) is 8. The third-order valence-electron chi connectivity index (χ3n) is 1.04. The molecular formula is C7H6N3NaO5. The van der Waals surface area contributed by atoms with Crippen molar-refractivity contribution >= 4 is 11.9 Å². The first-order valence-electron chi connectivity index (χ1n) is 3.77. The number of esters is 2. The molecule has 0 spiro atoms. The quantitative estimate of drug-likeness (QED) is 0.374. The number of ether oxygens (including phenoxy) is 2. The van der Waals surface area contributed by atoms with E-state index in [0.717, 1.165) is 13.8 Å². The Hall–Kier alpha value is -1.25. The molecule has 1 aromatic rings. The molecule has 0 aliphatic heterocycles. The molecule has 0 radical (unpaired) electrons. The van der Waals surface area contributed by atoms with Gasteiger partial charge in [0.2, 0.25) is 0 Å². The predicted octanol–water partition coefficient (Wildman–Crippen LogP) is -4.20. The summed E-state index contributed by atoms with van der Waals surface area (Å²) in [5.41, 5.74) is 0. The van der Waals surface area contributed by atoms with E-state index in [1.807, 2.05) is 0 Å². The molecule has 0 atom stereocenters. The smallest absolute Gasteiger partial charge is 0.844 e. The summed E-state index contributed by atoms with van der Waals surface area (Å²) in [5.74, 6) is -1.40. The van der Waals surface area contributed by atoms with Gasteiger partial charge >= 0.3 is 53.5 Å². The zero-order valence-corrected chi connectivity index (χ0v) is 10.9. The first kappa shape index (κ1) is 14.8. The zero-order chi connectivity index (χ0) is 11.4. The fraction of sp³-hybridized carbons (Fsp3) is 0.286. The van der Waals surface area contributed by atoms with Crippen LogP contribution in [0.25, 0.3) is 0 Å². The molecule has 0 aliphatic rings. The molecule has 8 nitrogen and oxygen atoms in total. The molecule has 9 heteroatoms. The minimum Gasteiger partial charge on any atom is -0.844 e. The zero-order valence-electron chi connectivity index (χ0n) is 8.88. The van der Waals surface area contributed by atoms with Crippen molar-refractivity contribution in [1.29, 1.82) is 0 Å². The molecule has 16 heavy (non-hydrogen) atoms. The Labute approximate surface area is 112 Å². The van der Waals surface area contributed by atoms with Crippen LogP contribution in [0.1, 0.15) is 13.8 Å².